The predicted octanol–water partition coefficient (Wildman–Crippen LogP) is 4.01. The molecular formula is C16H26N2O2Si. The number of amides is 1. The van der Waals surface area contributed by atoms with Gasteiger partial charge in [0.2, 0.25) is 0 Å². The summed E-state index contributed by atoms with van der Waals surface area (Å²) >= 11 is 0. The summed E-state index contributed by atoms with van der Waals surface area (Å²) in [4.78, 5) is 12.0. The second kappa shape index (κ2) is 10.3. The summed E-state index contributed by atoms with van der Waals surface area (Å²) in [7, 11) is -0.587. The molecule has 116 valence electrons. The van der Waals surface area contributed by atoms with E-state index in [9.17, 15) is 4.79 Å². The first-order chi connectivity index (χ1) is 10.2. The van der Waals surface area contributed by atoms with Gasteiger partial charge in [0.15, 0.2) is 9.68 Å². The van der Waals surface area contributed by atoms with Crippen LogP contribution in [0.1, 0.15) is 49.9 Å². The fraction of sp³-hybridized carbons (Fsp3) is 0.562. The standard InChI is InChI=1S/C16H26N2O2Si/c1-4-6-9-13(5-2)12-20-15-11-8-7-10-14(15)16(19)17-18-21-3/h7-8,10-11,13H,4-6,9,12,21H2,1-3H3. The number of rotatable bonds is 9. The van der Waals surface area contributed by atoms with Gasteiger partial charge in [-0.05, 0) is 24.5 Å². The average Bonchev–Trinajstić information content (AvgIpc) is 2.53. The van der Waals surface area contributed by atoms with Crippen molar-refractivity contribution in [1.82, 2.24) is 0 Å². The largest absolute Gasteiger partial charge is 0.492 e. The van der Waals surface area contributed by atoms with Crippen molar-refractivity contribution in [2.75, 3.05) is 6.61 Å². The van der Waals surface area contributed by atoms with Gasteiger partial charge in [-0.3, -0.25) is 4.79 Å². The lowest BCUT2D eigenvalue weighted by Crippen LogP contribution is -2.13. The molecule has 0 saturated carbocycles. The molecule has 1 atom stereocenters. The van der Waals surface area contributed by atoms with Gasteiger partial charge in [0.25, 0.3) is 5.91 Å². The lowest BCUT2D eigenvalue weighted by Gasteiger charge is -2.16. The molecule has 0 spiro atoms. The van der Waals surface area contributed by atoms with Crippen molar-refractivity contribution in [2.24, 2.45) is 15.8 Å². The highest BCUT2D eigenvalue weighted by molar-refractivity contribution is 6.30. The lowest BCUT2D eigenvalue weighted by molar-refractivity contribution is 0.0990. The molecule has 1 amide bonds. The van der Waals surface area contributed by atoms with Crippen LogP contribution in [0, 0.1) is 5.92 Å². The smallest absolute Gasteiger partial charge is 0.297 e. The van der Waals surface area contributed by atoms with Crippen molar-refractivity contribution >= 4 is 15.6 Å². The van der Waals surface area contributed by atoms with Gasteiger partial charge in [-0.2, -0.15) is 0 Å². The topological polar surface area (TPSA) is 51.0 Å². The van der Waals surface area contributed by atoms with E-state index in [0.29, 0.717) is 23.8 Å². The van der Waals surface area contributed by atoms with E-state index in [0.717, 1.165) is 6.42 Å². The highest BCUT2D eigenvalue weighted by Gasteiger charge is 2.13. The van der Waals surface area contributed by atoms with Crippen LogP contribution < -0.4 is 4.74 Å². The van der Waals surface area contributed by atoms with E-state index in [2.05, 4.69) is 23.7 Å². The third-order valence-electron chi connectivity index (χ3n) is 3.44. The third kappa shape index (κ3) is 6.21. The SMILES string of the molecule is CCCCC(CC)COc1ccccc1C(=O)N=N[SiH2]C. The first-order valence-corrected chi connectivity index (χ1v) is 9.91. The maximum absolute atomic E-state index is 12.0. The number of para-hydroxylation sites is 1. The van der Waals surface area contributed by atoms with Gasteiger partial charge < -0.3 is 4.74 Å². The number of unbranched alkanes of at least 4 members (excludes halogenated alkanes) is 1. The number of hydrogen-bond donors (Lipinski definition) is 0. The Hall–Kier alpha value is -1.49. The highest BCUT2D eigenvalue weighted by atomic mass is 28.2. The summed E-state index contributed by atoms with van der Waals surface area (Å²) in [6, 6.07) is 7.29. The lowest BCUT2D eigenvalue weighted by atomic mass is 10.0. The maximum atomic E-state index is 12.0. The Morgan fingerprint density at radius 3 is 2.76 bits per heavy atom. The Kier molecular flexibility index (Phi) is 8.58. The van der Waals surface area contributed by atoms with Crippen LogP contribution in [0.15, 0.2) is 34.2 Å². The van der Waals surface area contributed by atoms with Gasteiger partial charge in [0.05, 0.1) is 12.2 Å². The molecule has 0 saturated heterocycles. The fourth-order valence-electron chi connectivity index (χ4n) is 2.06. The summed E-state index contributed by atoms with van der Waals surface area (Å²) < 4.78 is 9.78. The molecule has 0 radical (unpaired) electrons. The fourth-order valence-corrected chi connectivity index (χ4v) is 2.33. The molecule has 1 rings (SSSR count). The minimum Gasteiger partial charge on any atom is -0.492 e. The van der Waals surface area contributed by atoms with E-state index in [4.69, 9.17) is 4.74 Å². The van der Waals surface area contributed by atoms with E-state index >= 15 is 0 Å². The van der Waals surface area contributed by atoms with Crippen molar-refractivity contribution in [3.05, 3.63) is 29.8 Å². The Morgan fingerprint density at radius 1 is 1.33 bits per heavy atom. The van der Waals surface area contributed by atoms with Crippen molar-refractivity contribution < 1.29 is 9.53 Å². The first kappa shape index (κ1) is 17.6. The molecule has 0 N–H and O–H groups in total. The predicted molar refractivity (Wildman–Crippen MR) is 88.8 cm³/mol. The average molecular weight is 306 g/mol. The van der Waals surface area contributed by atoms with E-state index in [1.54, 1.807) is 6.07 Å². The van der Waals surface area contributed by atoms with Crippen LogP contribution in [0.2, 0.25) is 6.55 Å². The molecule has 1 unspecified atom stereocenters. The van der Waals surface area contributed by atoms with Gasteiger partial charge in [-0.25, -0.2) is 4.78 Å². The molecule has 0 aliphatic heterocycles. The van der Waals surface area contributed by atoms with Gasteiger partial charge in [-0.1, -0.05) is 51.8 Å². The Bertz CT molecular complexity index is 463. The van der Waals surface area contributed by atoms with Crippen LogP contribution in [0.5, 0.6) is 5.75 Å². The van der Waals surface area contributed by atoms with Crippen LogP contribution in [-0.4, -0.2) is 22.2 Å². The summed E-state index contributed by atoms with van der Waals surface area (Å²) in [6.07, 6.45) is 4.69. The molecule has 0 fully saturated rings. The maximum Gasteiger partial charge on any atom is 0.297 e. The minimum absolute atomic E-state index is 0.304. The molecule has 0 aliphatic rings. The van der Waals surface area contributed by atoms with Crippen molar-refractivity contribution in [3.63, 3.8) is 0 Å². The molecule has 4 nitrogen and oxygen atoms in total. The van der Waals surface area contributed by atoms with Gasteiger partial charge in [-0.15, -0.1) is 5.11 Å². The van der Waals surface area contributed by atoms with Crippen LogP contribution in [0.3, 0.4) is 0 Å². The minimum atomic E-state index is -0.587. The molecular weight excluding hydrogens is 280 g/mol. The van der Waals surface area contributed by atoms with Gasteiger partial charge in [0.1, 0.15) is 5.75 Å². The monoisotopic (exact) mass is 306 g/mol. The van der Waals surface area contributed by atoms with Gasteiger partial charge in [0, 0.05) is 0 Å². The number of nitrogens with zero attached hydrogens (tertiary/aromatic N) is 2. The summed E-state index contributed by atoms with van der Waals surface area (Å²) in [6.45, 7) is 7.02. The molecule has 5 heteroatoms. The second-order valence-corrected chi connectivity index (χ2v) is 6.00. The van der Waals surface area contributed by atoms with Crippen molar-refractivity contribution in [2.45, 2.75) is 46.1 Å². The highest BCUT2D eigenvalue weighted by Crippen LogP contribution is 2.21. The van der Waals surface area contributed by atoms with E-state index in [-0.39, 0.29) is 5.91 Å². The summed E-state index contributed by atoms with van der Waals surface area (Å²) in [5.74, 6) is 0.855. The molecule has 0 aromatic heterocycles. The zero-order valence-electron chi connectivity index (χ0n) is 13.3. The number of benzene rings is 1. The molecule has 1 aromatic rings. The zero-order chi connectivity index (χ0) is 15.5. The van der Waals surface area contributed by atoms with E-state index < -0.39 is 9.68 Å². The molecule has 21 heavy (non-hydrogen) atoms. The van der Waals surface area contributed by atoms with E-state index in [1.165, 1.54) is 19.3 Å². The summed E-state index contributed by atoms with van der Waals surface area (Å²) in [5, 5.41) is 3.74. The normalized spacial score (nSPS) is 13.1. The van der Waals surface area contributed by atoms with Crippen LogP contribution in [0.4, 0.5) is 0 Å². The Labute approximate surface area is 129 Å². The van der Waals surface area contributed by atoms with E-state index in [1.807, 2.05) is 24.7 Å². The quantitative estimate of drug-likeness (QED) is 0.511. The van der Waals surface area contributed by atoms with Crippen molar-refractivity contribution in [1.29, 1.82) is 0 Å². The molecule has 0 aliphatic carbocycles. The Morgan fingerprint density at radius 2 is 2.10 bits per heavy atom. The van der Waals surface area contributed by atoms with Crippen LogP contribution in [0.25, 0.3) is 0 Å². The Balaban J connectivity index is 2.70. The molecule has 0 bridgehead atoms. The first-order valence-electron chi connectivity index (χ1n) is 7.86. The molecule has 1 aromatic carbocycles. The van der Waals surface area contributed by atoms with Crippen LogP contribution in [-0.2, 0) is 0 Å². The number of ether oxygens (including phenoxy) is 1. The number of carbonyl (C=O) groups is 1. The van der Waals surface area contributed by atoms with Crippen molar-refractivity contribution in [3.8, 4) is 5.75 Å². The zero-order valence-corrected chi connectivity index (χ0v) is 14.8. The second-order valence-electron chi connectivity index (χ2n) is 5.09. The summed E-state index contributed by atoms with van der Waals surface area (Å²) in [5.41, 5.74) is 0.508. The number of hydrogen-bond acceptors (Lipinski definition) is 3. The molecule has 0 heterocycles. The third-order valence-corrected chi connectivity index (χ3v) is 3.86. The van der Waals surface area contributed by atoms with Gasteiger partial charge >= 0.3 is 0 Å². The number of carbonyl (C=O) groups excluding carboxylic acids is 1. The van der Waals surface area contributed by atoms with Crippen LogP contribution >= 0.6 is 0 Å².